The molecule has 3 heterocycles. The van der Waals surface area contributed by atoms with Gasteiger partial charge in [-0.2, -0.15) is 0 Å². The zero-order chi connectivity index (χ0) is 40.9. The van der Waals surface area contributed by atoms with Crippen LogP contribution >= 0.6 is 0 Å². The minimum atomic E-state index is -2.91. The van der Waals surface area contributed by atoms with Gasteiger partial charge in [-0.1, -0.05) is 0 Å². The first kappa shape index (κ1) is 44.0. The molecule has 3 aliphatic heterocycles. The van der Waals surface area contributed by atoms with Crippen molar-refractivity contribution in [2.75, 3.05) is 19.8 Å². The lowest BCUT2D eigenvalue weighted by molar-refractivity contribution is -0.384. The molecule has 0 unspecified atom stereocenters. The Labute approximate surface area is 310 Å². The lowest BCUT2D eigenvalue weighted by Gasteiger charge is -2.49. The highest BCUT2D eigenvalue weighted by Crippen LogP contribution is 2.36. The normalized spacial score (nSPS) is 37.6. The van der Waals surface area contributed by atoms with E-state index in [0.717, 1.165) is 38.1 Å². The number of hydrogen-bond acceptors (Lipinski definition) is 20. The first-order valence-electron chi connectivity index (χ1n) is 16.8. The van der Waals surface area contributed by atoms with Crippen LogP contribution in [0.25, 0.3) is 0 Å². The van der Waals surface area contributed by atoms with Gasteiger partial charge in [0.15, 0.2) is 6.29 Å². The summed E-state index contributed by atoms with van der Waals surface area (Å²) in [6.07, 6.45) is -25.2. The van der Waals surface area contributed by atoms with E-state index in [1.807, 2.05) is 0 Å². The highest BCUT2D eigenvalue weighted by Gasteiger charge is 2.58. The van der Waals surface area contributed by atoms with Crippen LogP contribution in [0.15, 0.2) is 24.3 Å². The van der Waals surface area contributed by atoms with Gasteiger partial charge in [-0.15, -0.1) is 0 Å². The van der Waals surface area contributed by atoms with E-state index in [0.29, 0.717) is 0 Å². The van der Waals surface area contributed by atoms with Crippen LogP contribution in [0.1, 0.15) is 20.3 Å². The molecule has 0 radical (unpaired) electrons. The Bertz CT molecular complexity index is 1490. The third-order valence-corrected chi connectivity index (χ3v) is 9.15. The van der Waals surface area contributed by atoms with E-state index in [1.165, 1.54) is 0 Å². The molecule has 3 aliphatic rings. The molecule has 55 heavy (non-hydrogen) atoms. The fourth-order valence-electron chi connectivity index (χ4n) is 6.31. The van der Waals surface area contributed by atoms with Crippen molar-refractivity contribution in [2.45, 2.75) is 118 Å². The van der Waals surface area contributed by atoms with Gasteiger partial charge in [-0.05, 0) is 12.1 Å². The molecular weight excluding hydrogens is 750 g/mol. The Kier molecular flexibility index (Phi) is 14.8. The van der Waals surface area contributed by atoms with Gasteiger partial charge in [0, 0.05) is 32.4 Å². The van der Waals surface area contributed by atoms with Crippen molar-refractivity contribution in [1.29, 1.82) is 0 Å². The third-order valence-electron chi connectivity index (χ3n) is 9.15. The second-order valence-corrected chi connectivity index (χ2v) is 13.1. The molecule has 1 aromatic carbocycles. The van der Waals surface area contributed by atoms with Gasteiger partial charge in [0.25, 0.3) is 11.5 Å². The van der Waals surface area contributed by atoms with Gasteiger partial charge in [0.2, 0.25) is 18.1 Å². The molecule has 0 aromatic heterocycles. The van der Waals surface area contributed by atoms with Gasteiger partial charge in [-0.3, -0.25) is 19.7 Å². The molecular formula is C31H45N3O21. The van der Waals surface area contributed by atoms with Crippen molar-refractivity contribution in [3.63, 3.8) is 0 Å². The van der Waals surface area contributed by atoms with Crippen LogP contribution in [0.3, 0.4) is 0 Å². The van der Waals surface area contributed by atoms with Crippen LogP contribution in [0.5, 0.6) is 5.75 Å². The minimum absolute atomic E-state index is 0.0994. The first-order chi connectivity index (χ1) is 25.8. The molecule has 2 amide bonds. The molecule has 0 bridgehead atoms. The van der Waals surface area contributed by atoms with Crippen molar-refractivity contribution >= 4 is 23.5 Å². The molecule has 0 spiro atoms. The maximum atomic E-state index is 12.7. The zero-order valence-corrected chi connectivity index (χ0v) is 29.2. The predicted molar refractivity (Wildman–Crippen MR) is 173 cm³/mol. The summed E-state index contributed by atoms with van der Waals surface area (Å²) in [5.41, 5.74) is -0.329. The van der Waals surface area contributed by atoms with Crippen LogP contribution < -0.4 is 15.4 Å². The van der Waals surface area contributed by atoms with E-state index in [1.54, 1.807) is 0 Å². The van der Waals surface area contributed by atoms with Crippen LogP contribution in [0.4, 0.5) is 5.69 Å². The first-order valence-corrected chi connectivity index (χ1v) is 16.8. The Morgan fingerprint density at radius 2 is 1.51 bits per heavy atom. The summed E-state index contributed by atoms with van der Waals surface area (Å²) in [5, 5.41) is 120. The summed E-state index contributed by atoms with van der Waals surface area (Å²) in [4.78, 5) is 47.6. The van der Waals surface area contributed by atoms with E-state index in [9.17, 15) is 75.6 Å². The van der Waals surface area contributed by atoms with Crippen molar-refractivity contribution in [3.05, 3.63) is 34.4 Å². The number of aliphatic hydroxyl groups is 9. The number of aliphatic hydroxyl groups excluding tert-OH is 9. The maximum absolute atomic E-state index is 12.7. The van der Waals surface area contributed by atoms with Crippen LogP contribution in [-0.2, 0) is 38.1 Å². The zero-order valence-electron chi connectivity index (χ0n) is 29.2. The van der Waals surface area contributed by atoms with Crippen LogP contribution in [0.2, 0.25) is 0 Å². The van der Waals surface area contributed by atoms with E-state index in [-0.39, 0.29) is 11.4 Å². The molecule has 24 heteroatoms. The highest BCUT2D eigenvalue weighted by atomic mass is 16.8. The van der Waals surface area contributed by atoms with Crippen LogP contribution in [-0.4, -0.2) is 191 Å². The number of benzene rings is 1. The third kappa shape index (κ3) is 9.99. The number of amides is 2. The molecule has 3 fully saturated rings. The average molecular weight is 796 g/mol. The van der Waals surface area contributed by atoms with Gasteiger partial charge in [-0.25, -0.2) is 4.79 Å². The summed E-state index contributed by atoms with van der Waals surface area (Å²) in [5.74, 6) is -6.41. The number of non-ortho nitro benzene ring substituents is 1. The van der Waals surface area contributed by atoms with E-state index >= 15 is 0 Å². The minimum Gasteiger partial charge on any atom is -0.477 e. The molecule has 24 nitrogen and oxygen atoms in total. The second kappa shape index (κ2) is 18.5. The Morgan fingerprint density at radius 1 is 0.909 bits per heavy atom. The standard InChI is InChI=1S/C31H45N3O21/c1-11(37)32-19-15(39)7-31(30(46)47,55-27(19)21(41)16(40)8-35)50-10-18-23(43)26(54-29-25(45)24(44)22(42)17(9-36)52-29)20(33-12(2)38)28(53-18)51-14-5-3-13(4-6-14)34(48)49/h3-6,15-29,35-36,39-45H,7-10H2,1-2H3,(H,32,37)(H,33,38)(H,46,47)/t15-,16-,17+,18+,19-,20+,21-,22+,23-,24+,25+,26-,27-,28-,29+,31-/m0/s1. The Hall–Kier alpha value is -3.73. The van der Waals surface area contributed by atoms with Gasteiger partial charge in [0.05, 0.1) is 36.9 Å². The maximum Gasteiger partial charge on any atom is 0.364 e. The van der Waals surface area contributed by atoms with Gasteiger partial charge in [0.1, 0.15) is 72.8 Å². The molecule has 16 atom stereocenters. The quantitative estimate of drug-likeness (QED) is 0.0580. The van der Waals surface area contributed by atoms with Crippen LogP contribution in [0, 0.1) is 10.1 Å². The smallest absolute Gasteiger partial charge is 0.364 e. The molecule has 1 aromatic rings. The SMILES string of the molecule is CC(=O)N[C@@H]1[C@@H]([C@@H](O)[C@@H](O)CO)O[C@](OC[C@H]2O[C@H](Oc3ccc([N+](=O)[O-])cc3)[C@H](NC(C)=O)[C@H](O[C@H]3O[C@H](CO)[C@@H](O)[C@@H](O)[C@H]3O)[C@H]2O)(C(=O)O)C[C@@H]1O. The summed E-state index contributed by atoms with van der Waals surface area (Å²) >= 11 is 0. The number of carboxylic acids is 1. The Morgan fingerprint density at radius 3 is 2.05 bits per heavy atom. The van der Waals surface area contributed by atoms with E-state index in [2.05, 4.69) is 10.6 Å². The van der Waals surface area contributed by atoms with E-state index < -0.39 is 147 Å². The Balaban J connectivity index is 1.71. The molecule has 12 N–H and O–H groups in total. The molecule has 3 saturated heterocycles. The topological polar surface area (TPSA) is 376 Å². The summed E-state index contributed by atoms with van der Waals surface area (Å²) in [7, 11) is 0. The van der Waals surface area contributed by atoms with Gasteiger partial charge >= 0.3 is 5.97 Å². The highest BCUT2D eigenvalue weighted by molar-refractivity contribution is 5.76. The number of nitrogens with one attached hydrogen (secondary N) is 2. The van der Waals surface area contributed by atoms with Gasteiger partial charge < -0.3 is 90.1 Å². The molecule has 0 aliphatic carbocycles. The number of carbonyl (C=O) groups is 3. The summed E-state index contributed by atoms with van der Waals surface area (Å²) < 4.78 is 34.3. The number of nitro benzene ring substituents is 1. The summed E-state index contributed by atoms with van der Waals surface area (Å²) in [6, 6.07) is 1.35. The largest absolute Gasteiger partial charge is 0.477 e. The number of rotatable bonds is 15. The fraction of sp³-hybridized carbons (Fsp3) is 0.710. The number of nitrogens with zero attached hydrogens (tertiary/aromatic N) is 1. The predicted octanol–water partition coefficient (Wildman–Crippen LogP) is -6.08. The summed E-state index contributed by atoms with van der Waals surface area (Å²) in [6.45, 7) is -0.811. The molecule has 4 rings (SSSR count). The number of carbonyl (C=O) groups excluding carboxylic acids is 2. The lowest BCUT2D eigenvalue weighted by Crippen LogP contribution is -2.70. The van der Waals surface area contributed by atoms with Crippen molar-refractivity contribution in [3.8, 4) is 5.75 Å². The second-order valence-electron chi connectivity index (χ2n) is 13.1. The van der Waals surface area contributed by atoms with Crippen molar-refractivity contribution < 1.29 is 98.8 Å². The number of ether oxygens (including phenoxy) is 6. The average Bonchev–Trinajstić information content (AvgIpc) is 3.13. The molecule has 310 valence electrons. The van der Waals surface area contributed by atoms with E-state index in [4.69, 9.17) is 28.4 Å². The van der Waals surface area contributed by atoms with Crippen molar-refractivity contribution in [1.82, 2.24) is 10.6 Å². The lowest BCUT2D eigenvalue weighted by atomic mass is 9.88. The monoisotopic (exact) mass is 795 g/mol. The number of hydrogen-bond donors (Lipinski definition) is 12. The number of carboxylic acid groups (broad SMARTS) is 1. The molecule has 0 saturated carbocycles. The fourth-order valence-corrected chi connectivity index (χ4v) is 6.31. The number of aliphatic carboxylic acids is 1. The van der Waals surface area contributed by atoms with Crippen molar-refractivity contribution in [2.24, 2.45) is 0 Å². The number of nitro groups is 1.